The first-order valence-electron chi connectivity index (χ1n) is 9.21. The van der Waals surface area contributed by atoms with E-state index in [0.717, 1.165) is 30.0 Å². The quantitative estimate of drug-likeness (QED) is 0.749. The summed E-state index contributed by atoms with van der Waals surface area (Å²) in [5.74, 6) is 1.15. The molecule has 0 N–H and O–H groups in total. The van der Waals surface area contributed by atoms with Gasteiger partial charge in [0, 0.05) is 52.6 Å². The molecule has 146 valence electrons. The highest BCUT2D eigenvalue weighted by Crippen LogP contribution is 2.23. The Morgan fingerprint density at radius 1 is 1.15 bits per heavy atom. The molecule has 8 nitrogen and oxygen atoms in total. The van der Waals surface area contributed by atoms with Gasteiger partial charge in [-0.1, -0.05) is 0 Å². The summed E-state index contributed by atoms with van der Waals surface area (Å²) in [6.07, 6.45) is 3.68. The average Bonchev–Trinajstić information content (AvgIpc) is 2.64. The Hall–Kier alpha value is -1.29. The number of rotatable bonds is 5. The van der Waals surface area contributed by atoms with Gasteiger partial charge in [-0.25, -0.2) is 4.98 Å². The molecule has 26 heavy (non-hydrogen) atoms. The maximum absolute atomic E-state index is 13.0. The molecule has 0 bridgehead atoms. The molecule has 0 amide bonds. The fourth-order valence-corrected chi connectivity index (χ4v) is 5.44. The molecule has 1 unspecified atom stereocenters. The van der Waals surface area contributed by atoms with Gasteiger partial charge >= 0.3 is 0 Å². The minimum absolute atomic E-state index is 0.287. The van der Waals surface area contributed by atoms with Gasteiger partial charge in [0.1, 0.15) is 5.82 Å². The first-order chi connectivity index (χ1) is 12.4. The molecular formula is C17H29N5O3S. The van der Waals surface area contributed by atoms with Crippen molar-refractivity contribution >= 4 is 16.0 Å². The number of methoxy groups -OCH3 is 1. The molecule has 2 aliphatic heterocycles. The average molecular weight is 384 g/mol. The highest BCUT2D eigenvalue weighted by atomic mass is 32.2. The summed E-state index contributed by atoms with van der Waals surface area (Å²) >= 11 is 0. The van der Waals surface area contributed by atoms with Gasteiger partial charge in [0.25, 0.3) is 10.2 Å². The van der Waals surface area contributed by atoms with E-state index in [1.54, 1.807) is 21.9 Å². The van der Waals surface area contributed by atoms with Gasteiger partial charge in [-0.3, -0.25) is 4.98 Å². The zero-order chi connectivity index (χ0) is 18.7. The van der Waals surface area contributed by atoms with Crippen LogP contribution in [0, 0.1) is 19.8 Å². The third-order valence-corrected chi connectivity index (χ3v) is 7.13. The molecule has 3 rings (SSSR count). The summed E-state index contributed by atoms with van der Waals surface area (Å²) in [7, 11) is -1.74. The molecule has 9 heteroatoms. The van der Waals surface area contributed by atoms with E-state index in [1.807, 2.05) is 13.8 Å². The van der Waals surface area contributed by atoms with Crippen LogP contribution in [0.3, 0.4) is 0 Å². The molecule has 0 aliphatic carbocycles. The molecule has 2 aliphatic rings. The van der Waals surface area contributed by atoms with E-state index < -0.39 is 10.2 Å². The van der Waals surface area contributed by atoms with E-state index in [-0.39, 0.29) is 5.92 Å². The first kappa shape index (κ1) is 19.5. The Morgan fingerprint density at radius 3 is 2.58 bits per heavy atom. The molecule has 2 fully saturated rings. The van der Waals surface area contributed by atoms with Gasteiger partial charge in [-0.15, -0.1) is 0 Å². The predicted octanol–water partition coefficient (Wildman–Crippen LogP) is 0.819. The van der Waals surface area contributed by atoms with E-state index in [0.29, 0.717) is 45.9 Å². The maximum Gasteiger partial charge on any atom is 0.282 e. The lowest BCUT2D eigenvalue weighted by molar-refractivity contribution is 0.116. The Kier molecular flexibility index (Phi) is 6.11. The predicted molar refractivity (Wildman–Crippen MR) is 100 cm³/mol. The molecular weight excluding hydrogens is 354 g/mol. The highest BCUT2D eigenvalue weighted by Gasteiger charge is 2.35. The third-order valence-electron chi connectivity index (χ3n) is 5.13. The van der Waals surface area contributed by atoms with Crippen molar-refractivity contribution in [1.82, 2.24) is 18.6 Å². The van der Waals surface area contributed by atoms with Crippen LogP contribution in [0.5, 0.6) is 0 Å². The second kappa shape index (κ2) is 8.16. The van der Waals surface area contributed by atoms with Gasteiger partial charge in [-0.2, -0.15) is 17.0 Å². The SMILES string of the molecule is COCC1CCCN(S(=O)(=O)N2CCN(c3nc(C)cnc3C)CC2)C1. The molecule has 0 aromatic carbocycles. The highest BCUT2D eigenvalue weighted by molar-refractivity contribution is 7.86. The van der Waals surface area contributed by atoms with Crippen LogP contribution in [0.2, 0.25) is 0 Å². The molecule has 1 aromatic heterocycles. The number of ether oxygens (including phenoxy) is 1. The number of hydrogen-bond donors (Lipinski definition) is 0. The fraction of sp³-hybridized carbons (Fsp3) is 0.765. The topological polar surface area (TPSA) is 78.9 Å². The van der Waals surface area contributed by atoms with E-state index in [1.165, 1.54) is 0 Å². The molecule has 0 spiro atoms. The smallest absolute Gasteiger partial charge is 0.282 e. The summed E-state index contributed by atoms with van der Waals surface area (Å²) in [4.78, 5) is 11.1. The Balaban J connectivity index is 1.64. The summed E-state index contributed by atoms with van der Waals surface area (Å²) in [5.41, 5.74) is 1.75. The number of nitrogens with zero attached hydrogens (tertiary/aromatic N) is 5. The number of aromatic nitrogens is 2. The normalized spacial score (nSPS) is 23.3. The lowest BCUT2D eigenvalue weighted by Gasteiger charge is -2.39. The van der Waals surface area contributed by atoms with Gasteiger partial charge in [0.2, 0.25) is 0 Å². The number of anilines is 1. The van der Waals surface area contributed by atoms with Crippen molar-refractivity contribution in [1.29, 1.82) is 0 Å². The van der Waals surface area contributed by atoms with E-state index >= 15 is 0 Å². The Labute approximate surface area is 156 Å². The van der Waals surface area contributed by atoms with Crippen molar-refractivity contribution < 1.29 is 13.2 Å². The zero-order valence-corrected chi connectivity index (χ0v) is 16.7. The summed E-state index contributed by atoms with van der Waals surface area (Å²) < 4.78 is 34.5. The van der Waals surface area contributed by atoms with Crippen LogP contribution in [-0.4, -0.2) is 80.0 Å². The lowest BCUT2D eigenvalue weighted by atomic mass is 10.0. The minimum Gasteiger partial charge on any atom is -0.384 e. The zero-order valence-electron chi connectivity index (χ0n) is 15.9. The lowest BCUT2D eigenvalue weighted by Crippen LogP contribution is -2.55. The minimum atomic E-state index is -3.41. The second-order valence-corrected chi connectivity index (χ2v) is 9.06. The van der Waals surface area contributed by atoms with Crippen molar-refractivity contribution in [2.24, 2.45) is 5.92 Å². The maximum atomic E-state index is 13.0. The number of piperidine rings is 1. The van der Waals surface area contributed by atoms with E-state index in [2.05, 4.69) is 14.9 Å². The van der Waals surface area contributed by atoms with E-state index in [4.69, 9.17) is 4.74 Å². The molecule has 1 atom stereocenters. The van der Waals surface area contributed by atoms with Crippen molar-refractivity contribution in [3.05, 3.63) is 17.6 Å². The summed E-state index contributed by atoms with van der Waals surface area (Å²) in [6.45, 7) is 7.85. The number of aryl methyl sites for hydroxylation is 2. The monoisotopic (exact) mass is 383 g/mol. The molecule has 3 heterocycles. The number of hydrogen-bond acceptors (Lipinski definition) is 6. The molecule has 1 aromatic rings. The van der Waals surface area contributed by atoms with Crippen LogP contribution >= 0.6 is 0 Å². The van der Waals surface area contributed by atoms with Gasteiger partial charge < -0.3 is 9.64 Å². The first-order valence-corrected chi connectivity index (χ1v) is 10.6. The summed E-state index contributed by atoms with van der Waals surface area (Å²) in [6, 6.07) is 0. The molecule has 0 saturated carbocycles. The van der Waals surface area contributed by atoms with Crippen molar-refractivity contribution in [2.45, 2.75) is 26.7 Å². The standard InChI is InChI=1S/C17H29N5O3S/c1-14-11-18-15(2)17(19-14)20-7-9-21(10-8-20)26(23,24)22-6-4-5-16(12-22)13-25-3/h11,16H,4-10,12-13H2,1-3H3. The molecule has 2 saturated heterocycles. The van der Waals surface area contributed by atoms with Crippen LogP contribution in [0.15, 0.2) is 6.20 Å². The Bertz CT molecular complexity index is 717. The summed E-state index contributed by atoms with van der Waals surface area (Å²) in [5, 5.41) is 0. The van der Waals surface area contributed by atoms with Crippen LogP contribution in [0.4, 0.5) is 5.82 Å². The third kappa shape index (κ3) is 4.16. The van der Waals surface area contributed by atoms with Gasteiger partial charge in [0.15, 0.2) is 0 Å². The second-order valence-electron chi connectivity index (χ2n) is 7.14. The van der Waals surface area contributed by atoms with Gasteiger partial charge in [0.05, 0.1) is 18.0 Å². The largest absolute Gasteiger partial charge is 0.384 e. The number of piperazine rings is 1. The fourth-order valence-electron chi connectivity index (χ4n) is 3.73. The van der Waals surface area contributed by atoms with Crippen LogP contribution in [0.25, 0.3) is 0 Å². The van der Waals surface area contributed by atoms with Crippen molar-refractivity contribution in [2.75, 3.05) is 57.9 Å². The van der Waals surface area contributed by atoms with Gasteiger partial charge in [-0.05, 0) is 32.6 Å². The van der Waals surface area contributed by atoms with E-state index in [9.17, 15) is 8.42 Å². The Morgan fingerprint density at radius 2 is 1.88 bits per heavy atom. The van der Waals surface area contributed by atoms with Crippen LogP contribution in [-0.2, 0) is 14.9 Å². The van der Waals surface area contributed by atoms with Crippen LogP contribution < -0.4 is 4.90 Å². The van der Waals surface area contributed by atoms with Crippen molar-refractivity contribution in [3.63, 3.8) is 0 Å². The molecule has 0 radical (unpaired) electrons. The van der Waals surface area contributed by atoms with Crippen molar-refractivity contribution in [3.8, 4) is 0 Å². The van der Waals surface area contributed by atoms with Crippen LogP contribution in [0.1, 0.15) is 24.2 Å².